The molecule has 1 aliphatic rings. The van der Waals surface area contributed by atoms with Crippen molar-refractivity contribution < 1.29 is 57.5 Å². The van der Waals surface area contributed by atoms with Gasteiger partial charge in [-0.15, -0.1) is 0 Å². The van der Waals surface area contributed by atoms with E-state index in [1.165, 1.54) is 18.2 Å². The number of methoxy groups -OCH3 is 1. The van der Waals surface area contributed by atoms with Gasteiger partial charge in [-0.2, -0.15) is 0 Å². The normalized spacial score (nSPS) is 21.7. The molecule has 0 aromatic heterocycles. The number of nitrogens with one attached hydrogen (secondary N) is 1. The number of aliphatic hydroxyl groups is 1. The van der Waals surface area contributed by atoms with Gasteiger partial charge in [0.15, 0.2) is 18.3 Å². The molecule has 5 atom stereocenters. The molecule has 0 spiro atoms. The molecule has 0 bridgehead atoms. The Kier molecular flexibility index (Phi) is 12.1. The maximum atomic E-state index is 13.0. The summed E-state index contributed by atoms with van der Waals surface area (Å²) >= 11 is 0. The quantitative estimate of drug-likeness (QED) is 0.0890. The fourth-order valence-electron chi connectivity index (χ4n) is 3.75. The summed E-state index contributed by atoms with van der Waals surface area (Å²) in [6.07, 6.45) is -7.78. The van der Waals surface area contributed by atoms with E-state index < -0.39 is 67.1 Å². The second kappa shape index (κ2) is 15.3. The lowest BCUT2D eigenvalue weighted by Crippen LogP contribution is -2.64. The highest BCUT2D eigenvalue weighted by Crippen LogP contribution is 2.32. The number of rotatable bonds is 12. The maximum Gasteiger partial charge on any atom is 0.339 e. The van der Waals surface area contributed by atoms with E-state index in [4.69, 9.17) is 34.0 Å². The number of esters is 4. The Morgan fingerprint density at radius 3 is 2.23 bits per heavy atom. The van der Waals surface area contributed by atoms with E-state index >= 15 is 0 Å². The zero-order chi connectivity index (χ0) is 29.8. The predicted molar refractivity (Wildman–Crippen MR) is 131 cm³/mol. The third kappa shape index (κ3) is 8.83. The van der Waals surface area contributed by atoms with E-state index in [0.29, 0.717) is 12.0 Å². The first-order valence-electron chi connectivity index (χ1n) is 12.0. The number of azide groups is 1. The molecule has 1 heterocycles. The molecule has 1 fully saturated rings. The van der Waals surface area contributed by atoms with Gasteiger partial charge in [0, 0.05) is 38.8 Å². The first-order chi connectivity index (χ1) is 19.0. The molecule has 1 amide bonds. The zero-order valence-corrected chi connectivity index (χ0v) is 22.2. The second-order valence-corrected chi connectivity index (χ2v) is 8.34. The van der Waals surface area contributed by atoms with Crippen molar-refractivity contribution >= 4 is 29.8 Å². The van der Waals surface area contributed by atoms with Crippen LogP contribution in [0, 0.1) is 0 Å². The minimum atomic E-state index is -1.69. The summed E-state index contributed by atoms with van der Waals surface area (Å²) in [7, 11) is 1.05. The van der Waals surface area contributed by atoms with Gasteiger partial charge in [0.25, 0.3) is 5.91 Å². The summed E-state index contributed by atoms with van der Waals surface area (Å²) in [6, 6.07) is 4.12. The average molecular weight is 567 g/mol. The van der Waals surface area contributed by atoms with Crippen molar-refractivity contribution in [3.8, 4) is 5.75 Å². The summed E-state index contributed by atoms with van der Waals surface area (Å²) in [4.78, 5) is 64.0. The molecule has 0 unspecified atom stereocenters. The van der Waals surface area contributed by atoms with Crippen LogP contribution < -0.4 is 10.1 Å². The van der Waals surface area contributed by atoms with Gasteiger partial charge in [-0.1, -0.05) is 11.2 Å². The van der Waals surface area contributed by atoms with Crippen LogP contribution in [0.1, 0.15) is 43.1 Å². The lowest BCUT2D eigenvalue weighted by Gasteiger charge is -2.43. The number of hydrogen-bond donors (Lipinski definition) is 2. The largest absolute Gasteiger partial charge is 0.467 e. The molecule has 0 saturated carbocycles. The Hall–Kier alpha value is -4.40. The highest BCUT2D eigenvalue weighted by molar-refractivity contribution is 5.97. The van der Waals surface area contributed by atoms with Crippen LogP contribution >= 0.6 is 0 Å². The van der Waals surface area contributed by atoms with Crippen LogP contribution in [0.15, 0.2) is 23.3 Å². The predicted octanol–water partition coefficient (Wildman–Crippen LogP) is 0.681. The molecule has 0 radical (unpaired) electrons. The third-order valence-electron chi connectivity index (χ3n) is 5.33. The van der Waals surface area contributed by atoms with E-state index in [1.54, 1.807) is 0 Å². The summed E-state index contributed by atoms with van der Waals surface area (Å²) in [6.45, 7) is 3.03. The van der Waals surface area contributed by atoms with Gasteiger partial charge in [-0.3, -0.25) is 19.2 Å². The molecular weight excluding hydrogens is 536 g/mol. The molecule has 218 valence electrons. The first-order valence-corrected chi connectivity index (χ1v) is 12.0. The minimum absolute atomic E-state index is 0.0683. The number of amides is 1. The summed E-state index contributed by atoms with van der Waals surface area (Å²) in [5.74, 6) is -4.36. The Bertz CT molecular complexity index is 1150. The van der Waals surface area contributed by atoms with E-state index in [1.807, 2.05) is 0 Å². The van der Waals surface area contributed by atoms with Gasteiger partial charge in [0.05, 0.1) is 19.3 Å². The number of nitrogens with zero attached hydrogens (tertiary/aromatic N) is 3. The van der Waals surface area contributed by atoms with E-state index in [0.717, 1.165) is 27.9 Å². The number of hydrogen-bond acceptors (Lipinski definition) is 13. The van der Waals surface area contributed by atoms with Crippen LogP contribution in [-0.2, 0) is 49.5 Å². The van der Waals surface area contributed by atoms with Gasteiger partial charge in [-0.05, 0) is 29.6 Å². The fourth-order valence-corrected chi connectivity index (χ4v) is 3.75. The molecule has 1 aromatic carbocycles. The van der Waals surface area contributed by atoms with Crippen LogP contribution in [0.2, 0.25) is 0 Å². The van der Waals surface area contributed by atoms with E-state index in [2.05, 4.69) is 15.3 Å². The summed E-state index contributed by atoms with van der Waals surface area (Å²) in [5, 5.41) is 15.6. The van der Waals surface area contributed by atoms with Gasteiger partial charge < -0.3 is 38.8 Å². The van der Waals surface area contributed by atoms with Crippen molar-refractivity contribution in [3.63, 3.8) is 0 Å². The fraction of sp³-hybridized carbons (Fsp3) is 0.542. The summed E-state index contributed by atoms with van der Waals surface area (Å²) in [5.41, 5.74) is 8.67. The number of aliphatic hydroxyl groups excluding tert-OH is 1. The Balaban J connectivity index is 2.52. The second-order valence-electron chi connectivity index (χ2n) is 8.34. The monoisotopic (exact) mass is 566 g/mol. The first kappa shape index (κ1) is 31.8. The van der Waals surface area contributed by atoms with Crippen LogP contribution in [-0.4, -0.2) is 85.8 Å². The molecule has 1 saturated heterocycles. The topological polar surface area (TPSA) is 222 Å². The lowest BCUT2D eigenvalue weighted by molar-refractivity contribution is -0.282. The number of benzene rings is 1. The molecule has 16 heteroatoms. The van der Waals surface area contributed by atoms with Crippen molar-refractivity contribution in [2.24, 2.45) is 5.11 Å². The van der Waals surface area contributed by atoms with Crippen molar-refractivity contribution in [2.45, 2.75) is 64.5 Å². The van der Waals surface area contributed by atoms with Crippen LogP contribution in [0.3, 0.4) is 0 Å². The lowest BCUT2D eigenvalue weighted by atomic mass is 9.97. The number of carbonyl (C=O) groups is 5. The highest BCUT2D eigenvalue weighted by atomic mass is 16.7. The maximum absolute atomic E-state index is 13.0. The Labute approximate surface area is 228 Å². The third-order valence-corrected chi connectivity index (χ3v) is 5.33. The molecule has 1 aliphatic heterocycles. The van der Waals surface area contributed by atoms with Crippen LogP contribution in [0.5, 0.6) is 5.75 Å². The van der Waals surface area contributed by atoms with Gasteiger partial charge in [-0.25, -0.2) is 4.79 Å². The van der Waals surface area contributed by atoms with Crippen molar-refractivity contribution in [2.75, 3.05) is 20.2 Å². The smallest absolute Gasteiger partial charge is 0.339 e. The van der Waals surface area contributed by atoms with Crippen LogP contribution in [0.25, 0.3) is 10.4 Å². The molecule has 40 heavy (non-hydrogen) atoms. The molecule has 1 aromatic rings. The minimum Gasteiger partial charge on any atom is -0.467 e. The number of carbonyl (C=O) groups excluding carboxylic acids is 5. The number of ether oxygens (including phenoxy) is 6. The zero-order valence-electron chi connectivity index (χ0n) is 22.2. The standard InChI is InChI=1S/C24H30N4O12/c1-12(30)36-18-19(37-13(2)31)21(38-14(3)32)24(40-20(18)23(34)35-4)39-17-7-6-15(11-29)10-16(17)22(33)26-8-5-9-27-28-25/h6-7,10,18-21,24,29H,5,8-9,11H2,1-4H3,(H,26,33)/t18-,19-,20-,21+,24+/m0/s1. The summed E-state index contributed by atoms with van der Waals surface area (Å²) < 4.78 is 32.2. The molecule has 2 N–H and O–H groups in total. The SMILES string of the molecule is COC(=O)[C@H]1O[C@@H](Oc2ccc(CO)cc2C(=O)NCCCN=[N+]=[N-])[C@H](OC(C)=O)[C@@H](OC(C)=O)[C@@H]1OC(C)=O. The Morgan fingerprint density at radius 1 is 1.02 bits per heavy atom. The molecule has 2 rings (SSSR count). The molecule has 0 aliphatic carbocycles. The highest BCUT2D eigenvalue weighted by Gasteiger charge is 2.56. The van der Waals surface area contributed by atoms with E-state index in [-0.39, 0.29) is 24.4 Å². The van der Waals surface area contributed by atoms with Crippen molar-refractivity contribution in [1.29, 1.82) is 0 Å². The van der Waals surface area contributed by atoms with Crippen LogP contribution in [0.4, 0.5) is 0 Å². The average Bonchev–Trinajstić information content (AvgIpc) is 2.90. The van der Waals surface area contributed by atoms with Gasteiger partial charge in [0.2, 0.25) is 12.4 Å². The van der Waals surface area contributed by atoms with E-state index in [9.17, 15) is 29.1 Å². The van der Waals surface area contributed by atoms with Gasteiger partial charge in [0.1, 0.15) is 5.75 Å². The van der Waals surface area contributed by atoms with Crippen molar-refractivity contribution in [1.82, 2.24) is 5.32 Å². The Morgan fingerprint density at radius 2 is 1.65 bits per heavy atom. The van der Waals surface area contributed by atoms with Gasteiger partial charge >= 0.3 is 23.9 Å². The molecule has 16 nitrogen and oxygen atoms in total. The van der Waals surface area contributed by atoms with Crippen molar-refractivity contribution in [3.05, 3.63) is 39.8 Å². The molecular formula is C24H30N4O12.